The van der Waals surface area contributed by atoms with Gasteiger partial charge in [-0.05, 0) is 24.5 Å². The third-order valence-corrected chi connectivity index (χ3v) is 5.06. The zero-order chi connectivity index (χ0) is 18.9. The van der Waals surface area contributed by atoms with Crippen molar-refractivity contribution >= 4 is 17.8 Å². The number of likely N-dealkylation sites (N-methyl/N-ethyl adjacent to an activating group) is 1. The first-order valence-corrected chi connectivity index (χ1v) is 8.67. The number of benzene rings is 2. The number of barbiturate groups is 1. The van der Waals surface area contributed by atoms with Crippen molar-refractivity contribution in [3.63, 3.8) is 0 Å². The minimum absolute atomic E-state index is 0.143. The molecule has 1 aliphatic heterocycles. The summed E-state index contributed by atoms with van der Waals surface area (Å²) < 4.78 is 0. The number of hydrogen-bond donors (Lipinski definition) is 0. The molecular formula is C21H22N2O3. The number of carbonyl (C=O) groups excluding carboxylic acids is 3. The number of rotatable bonds is 4. The van der Waals surface area contributed by atoms with Crippen LogP contribution >= 0.6 is 0 Å². The second kappa shape index (κ2) is 6.75. The number of carbonyl (C=O) groups is 3. The minimum Gasteiger partial charge on any atom is -0.273 e. The Labute approximate surface area is 153 Å². The molecule has 26 heavy (non-hydrogen) atoms. The number of urea groups is 1. The lowest BCUT2D eigenvalue weighted by Crippen LogP contribution is -2.65. The number of hydrogen-bond acceptors (Lipinski definition) is 3. The zero-order valence-corrected chi connectivity index (χ0v) is 15.2. The Balaban J connectivity index is 2.06. The van der Waals surface area contributed by atoms with E-state index in [0.29, 0.717) is 5.56 Å². The van der Waals surface area contributed by atoms with Gasteiger partial charge in [-0.1, -0.05) is 67.1 Å². The van der Waals surface area contributed by atoms with Crippen LogP contribution in [0, 0.1) is 6.92 Å². The monoisotopic (exact) mass is 350 g/mol. The van der Waals surface area contributed by atoms with Gasteiger partial charge in [0.2, 0.25) is 0 Å². The highest BCUT2D eigenvalue weighted by Gasteiger charge is 2.56. The quantitative estimate of drug-likeness (QED) is 0.795. The maximum absolute atomic E-state index is 13.4. The van der Waals surface area contributed by atoms with Crippen LogP contribution in [0.2, 0.25) is 0 Å². The van der Waals surface area contributed by atoms with Gasteiger partial charge in [0.1, 0.15) is 0 Å². The van der Waals surface area contributed by atoms with Crippen molar-refractivity contribution < 1.29 is 14.4 Å². The largest absolute Gasteiger partial charge is 0.333 e. The summed E-state index contributed by atoms with van der Waals surface area (Å²) in [7, 11) is 1.44. The van der Waals surface area contributed by atoms with E-state index < -0.39 is 23.3 Å². The summed E-state index contributed by atoms with van der Waals surface area (Å²) in [5.74, 6) is -0.929. The highest BCUT2D eigenvalue weighted by atomic mass is 16.2. The Morgan fingerprint density at radius 2 is 1.50 bits per heavy atom. The van der Waals surface area contributed by atoms with E-state index in [1.165, 1.54) is 11.9 Å². The van der Waals surface area contributed by atoms with Crippen molar-refractivity contribution in [1.82, 2.24) is 9.80 Å². The van der Waals surface area contributed by atoms with Crippen LogP contribution in [0.25, 0.3) is 0 Å². The Morgan fingerprint density at radius 3 is 2.08 bits per heavy atom. The zero-order valence-electron chi connectivity index (χ0n) is 15.2. The van der Waals surface area contributed by atoms with Crippen LogP contribution in [-0.2, 0) is 21.5 Å². The molecule has 134 valence electrons. The molecule has 0 bridgehead atoms. The minimum atomic E-state index is -1.37. The second-order valence-corrected chi connectivity index (χ2v) is 6.65. The molecular weight excluding hydrogens is 328 g/mol. The molecule has 2 aromatic rings. The summed E-state index contributed by atoms with van der Waals surface area (Å²) in [6.07, 6.45) is 0.288. The SMILES string of the molecule is CC[C@@]1(c2ccccc2)C(=O)N(C)C(=O)N(Cc2ccc(C)cc2)C1=O. The van der Waals surface area contributed by atoms with E-state index in [0.717, 1.165) is 16.0 Å². The van der Waals surface area contributed by atoms with Crippen molar-refractivity contribution in [2.24, 2.45) is 0 Å². The molecule has 1 heterocycles. The van der Waals surface area contributed by atoms with E-state index in [9.17, 15) is 14.4 Å². The maximum Gasteiger partial charge on any atom is 0.333 e. The molecule has 0 radical (unpaired) electrons. The van der Waals surface area contributed by atoms with Crippen molar-refractivity contribution in [1.29, 1.82) is 0 Å². The van der Waals surface area contributed by atoms with Crippen LogP contribution in [-0.4, -0.2) is 34.7 Å². The lowest BCUT2D eigenvalue weighted by atomic mass is 9.74. The Bertz CT molecular complexity index is 845. The predicted octanol–water partition coefficient (Wildman–Crippen LogP) is 3.26. The molecule has 0 unspecified atom stereocenters. The second-order valence-electron chi connectivity index (χ2n) is 6.65. The van der Waals surface area contributed by atoms with Gasteiger partial charge in [0.15, 0.2) is 5.41 Å². The Morgan fingerprint density at radius 1 is 0.885 bits per heavy atom. The first-order valence-electron chi connectivity index (χ1n) is 8.67. The van der Waals surface area contributed by atoms with Crippen molar-refractivity contribution in [3.8, 4) is 0 Å². The lowest BCUT2D eigenvalue weighted by Gasteiger charge is -2.42. The molecule has 5 nitrogen and oxygen atoms in total. The Hall–Kier alpha value is -2.95. The third-order valence-electron chi connectivity index (χ3n) is 5.06. The molecule has 1 atom stereocenters. The number of aryl methyl sites for hydroxylation is 1. The number of amides is 4. The van der Waals surface area contributed by atoms with Gasteiger partial charge in [0.25, 0.3) is 11.8 Å². The van der Waals surface area contributed by atoms with E-state index >= 15 is 0 Å². The van der Waals surface area contributed by atoms with Gasteiger partial charge in [-0.15, -0.1) is 0 Å². The smallest absolute Gasteiger partial charge is 0.273 e. The normalized spacial score (nSPS) is 20.7. The molecule has 1 fully saturated rings. The average Bonchev–Trinajstić information content (AvgIpc) is 2.67. The van der Waals surface area contributed by atoms with Crippen molar-refractivity contribution in [2.45, 2.75) is 32.2 Å². The summed E-state index contributed by atoms with van der Waals surface area (Å²) >= 11 is 0. The summed E-state index contributed by atoms with van der Waals surface area (Å²) in [5.41, 5.74) is 1.20. The van der Waals surface area contributed by atoms with Crippen LogP contribution < -0.4 is 0 Å². The predicted molar refractivity (Wildman–Crippen MR) is 98.3 cm³/mol. The molecule has 2 aromatic carbocycles. The summed E-state index contributed by atoms with van der Waals surface area (Å²) in [6, 6.07) is 16.1. The van der Waals surface area contributed by atoms with Gasteiger partial charge < -0.3 is 0 Å². The van der Waals surface area contributed by atoms with Gasteiger partial charge in [-0.25, -0.2) is 4.79 Å². The van der Waals surface area contributed by atoms with E-state index in [4.69, 9.17) is 0 Å². The van der Waals surface area contributed by atoms with Gasteiger partial charge in [-0.3, -0.25) is 19.4 Å². The van der Waals surface area contributed by atoms with Gasteiger partial charge >= 0.3 is 6.03 Å². The molecule has 0 aliphatic carbocycles. The fourth-order valence-electron chi connectivity index (χ4n) is 3.45. The molecule has 4 amide bonds. The van der Waals surface area contributed by atoms with E-state index in [1.54, 1.807) is 31.2 Å². The molecule has 0 saturated carbocycles. The van der Waals surface area contributed by atoms with Gasteiger partial charge in [0, 0.05) is 7.05 Å². The van der Waals surface area contributed by atoms with E-state index in [2.05, 4.69) is 0 Å². The summed E-state index contributed by atoms with van der Waals surface area (Å²) in [6.45, 7) is 3.92. The van der Waals surface area contributed by atoms with Crippen molar-refractivity contribution in [2.75, 3.05) is 7.05 Å². The molecule has 1 aliphatic rings. The van der Waals surface area contributed by atoms with Gasteiger partial charge in [0.05, 0.1) is 6.54 Å². The maximum atomic E-state index is 13.4. The standard InChI is InChI=1S/C21H22N2O3/c1-4-21(17-8-6-5-7-9-17)18(24)22(3)20(26)23(19(21)25)14-16-12-10-15(2)11-13-16/h5-13H,4,14H2,1-3H3/t21-/m1/s1. The van der Waals surface area contributed by atoms with Crippen LogP contribution in [0.15, 0.2) is 54.6 Å². The number of nitrogens with zero attached hydrogens (tertiary/aromatic N) is 2. The first-order chi connectivity index (χ1) is 12.4. The molecule has 5 heteroatoms. The van der Waals surface area contributed by atoms with Gasteiger partial charge in [-0.2, -0.15) is 0 Å². The van der Waals surface area contributed by atoms with E-state index in [1.807, 2.05) is 37.3 Å². The fraction of sp³-hybridized carbons (Fsp3) is 0.286. The topological polar surface area (TPSA) is 57.7 Å². The van der Waals surface area contributed by atoms with Crippen LogP contribution in [0.3, 0.4) is 0 Å². The molecule has 0 spiro atoms. The highest BCUT2D eigenvalue weighted by Crippen LogP contribution is 2.36. The van der Waals surface area contributed by atoms with Crippen molar-refractivity contribution in [3.05, 3.63) is 71.3 Å². The van der Waals surface area contributed by atoms with E-state index in [-0.39, 0.29) is 13.0 Å². The van der Waals surface area contributed by atoms with Crippen LogP contribution in [0.1, 0.15) is 30.0 Å². The molecule has 3 rings (SSSR count). The lowest BCUT2D eigenvalue weighted by molar-refractivity contribution is -0.152. The van der Waals surface area contributed by atoms with Crippen LogP contribution in [0.5, 0.6) is 0 Å². The third kappa shape index (κ3) is 2.69. The summed E-state index contributed by atoms with van der Waals surface area (Å²) in [4.78, 5) is 41.3. The molecule has 1 saturated heterocycles. The average molecular weight is 350 g/mol. The summed E-state index contributed by atoms with van der Waals surface area (Å²) in [5, 5.41) is 0. The molecule has 0 N–H and O–H groups in total. The van der Waals surface area contributed by atoms with Crippen LogP contribution in [0.4, 0.5) is 4.79 Å². The highest BCUT2D eigenvalue weighted by molar-refractivity contribution is 6.22. The first kappa shape index (κ1) is 17.9. The Kier molecular flexibility index (Phi) is 4.64. The fourth-order valence-corrected chi connectivity index (χ4v) is 3.45. The molecule has 0 aromatic heterocycles. The number of imide groups is 2.